The number of aromatic nitrogens is 1. The number of pyridine rings is 1. The highest BCUT2D eigenvalue weighted by atomic mass is 19.4. The number of alkyl halides is 3. The molecule has 0 spiro atoms. The number of unbranched alkanes of at least 4 members (excludes halogenated alkanes) is 1. The number of hydrogen-bond acceptors (Lipinski definition) is 10. The van der Waals surface area contributed by atoms with Gasteiger partial charge in [-0.15, -0.1) is 0 Å². The van der Waals surface area contributed by atoms with E-state index in [4.69, 9.17) is 0 Å². The minimum absolute atomic E-state index is 0.00860. The summed E-state index contributed by atoms with van der Waals surface area (Å²) in [5.74, 6) is -5.12. The molecule has 15 nitrogen and oxygen atoms in total. The van der Waals surface area contributed by atoms with Crippen LogP contribution in [0.25, 0.3) is 22.0 Å². The fraction of sp³-hybridized carbons (Fsp3) is 0.349. The number of nitrogens with one attached hydrogen (secondary N) is 6. The summed E-state index contributed by atoms with van der Waals surface area (Å²) in [6.45, 7) is 1.98. The molecule has 2 fully saturated rings. The van der Waals surface area contributed by atoms with Crippen LogP contribution >= 0.6 is 0 Å². The first-order chi connectivity index (χ1) is 29.6. The number of halogens is 4. The minimum atomic E-state index is -4.84. The first-order valence-electron chi connectivity index (χ1n) is 20.0. The number of carbonyl (C=O) groups is 7. The molecule has 6 N–H and O–H groups in total. The fourth-order valence-electron chi connectivity index (χ4n) is 7.51. The van der Waals surface area contributed by atoms with Gasteiger partial charge in [-0.1, -0.05) is 18.2 Å². The van der Waals surface area contributed by atoms with E-state index in [1.165, 1.54) is 31.4 Å². The maximum Gasteiger partial charge on any atom is 0.417 e. The van der Waals surface area contributed by atoms with E-state index in [1.54, 1.807) is 19.1 Å². The molecule has 4 aromatic rings. The fourth-order valence-corrected chi connectivity index (χ4v) is 7.51. The molecule has 3 aromatic carbocycles. The number of hydrogen-bond donors (Lipinski definition) is 6. The number of piperidine rings is 1. The average molecular weight is 859 g/mol. The van der Waals surface area contributed by atoms with Crippen LogP contribution in [0.3, 0.4) is 0 Å². The van der Waals surface area contributed by atoms with Crippen LogP contribution in [0, 0.1) is 5.82 Å². The maximum absolute atomic E-state index is 15.4. The summed E-state index contributed by atoms with van der Waals surface area (Å²) < 4.78 is 58.4. The molecule has 62 heavy (non-hydrogen) atoms. The van der Waals surface area contributed by atoms with Crippen molar-refractivity contribution in [3.63, 3.8) is 0 Å². The lowest BCUT2D eigenvalue weighted by molar-refractivity contribution is -0.137. The standard InChI is InChI=1S/C43H42F4N8O7/c1-21(51-19-23-6-5-7-26-35(23)42(62)55(41(26)61)33-12-13-34(56)54-40(33)60)37(57)49-14-3-4-15-50-38(58)25-11-8-22(16-31(25)44)27-17-28-32(18-30(27)43(45,46)47)52-20-29(36(28)48-2)39(59)53-24-9-10-24/h5-8,11,16-18,20-21,24,33,51H,3-4,9-10,12-15,19H2,1-2H3,(H,48,52)(H,49,57)(H,50,58)(H,53,59)(H,54,56,60)/t21-,33?/m0/s1. The van der Waals surface area contributed by atoms with Crippen LogP contribution in [0.1, 0.15) is 98.0 Å². The van der Waals surface area contributed by atoms with Gasteiger partial charge in [-0.2, -0.15) is 13.2 Å². The highest BCUT2D eigenvalue weighted by molar-refractivity contribution is 6.24. The number of imide groups is 2. The molecule has 2 aliphatic heterocycles. The van der Waals surface area contributed by atoms with Crippen molar-refractivity contribution >= 4 is 57.9 Å². The van der Waals surface area contributed by atoms with Crippen LogP contribution in [-0.2, 0) is 27.1 Å². The Balaban J connectivity index is 0.906. The smallest absolute Gasteiger partial charge is 0.387 e. The van der Waals surface area contributed by atoms with Crippen molar-refractivity contribution in [2.75, 3.05) is 25.5 Å². The molecule has 1 aromatic heterocycles. The number of anilines is 1. The molecule has 19 heteroatoms. The van der Waals surface area contributed by atoms with Gasteiger partial charge in [0.1, 0.15) is 11.9 Å². The Labute approximate surface area is 351 Å². The molecule has 1 unspecified atom stereocenters. The Morgan fingerprint density at radius 2 is 1.65 bits per heavy atom. The number of rotatable bonds is 15. The predicted molar refractivity (Wildman–Crippen MR) is 216 cm³/mol. The largest absolute Gasteiger partial charge is 0.417 e. The Kier molecular flexibility index (Phi) is 12.4. The van der Waals surface area contributed by atoms with Crippen molar-refractivity contribution < 1.29 is 51.1 Å². The molecule has 3 heterocycles. The summed E-state index contributed by atoms with van der Waals surface area (Å²) >= 11 is 0. The summed E-state index contributed by atoms with van der Waals surface area (Å²) in [4.78, 5) is 94.1. The van der Waals surface area contributed by atoms with Gasteiger partial charge < -0.3 is 26.6 Å². The molecule has 1 aliphatic carbocycles. The van der Waals surface area contributed by atoms with Crippen molar-refractivity contribution in [1.82, 2.24) is 36.5 Å². The van der Waals surface area contributed by atoms with Gasteiger partial charge in [0.15, 0.2) is 0 Å². The van der Waals surface area contributed by atoms with Gasteiger partial charge in [0.05, 0.1) is 45.1 Å². The monoisotopic (exact) mass is 858 g/mol. The quantitative estimate of drug-likeness (QED) is 0.0571. The van der Waals surface area contributed by atoms with Gasteiger partial charge in [-0.25, -0.2) is 4.39 Å². The lowest BCUT2D eigenvalue weighted by atomic mass is 9.94. The Morgan fingerprint density at radius 1 is 0.903 bits per heavy atom. The van der Waals surface area contributed by atoms with Gasteiger partial charge >= 0.3 is 6.18 Å². The zero-order chi connectivity index (χ0) is 44.5. The molecule has 7 amide bonds. The van der Waals surface area contributed by atoms with E-state index >= 15 is 4.39 Å². The summed E-state index contributed by atoms with van der Waals surface area (Å²) in [5, 5.41) is 16.5. The van der Waals surface area contributed by atoms with Crippen LogP contribution in [0.2, 0.25) is 0 Å². The third-order valence-corrected chi connectivity index (χ3v) is 11.0. The molecule has 1 saturated heterocycles. The zero-order valence-corrected chi connectivity index (χ0v) is 33.6. The summed E-state index contributed by atoms with van der Waals surface area (Å²) in [6.07, 6.45) is -1.14. The first-order valence-corrected chi connectivity index (χ1v) is 20.0. The molecule has 0 bridgehead atoms. The Bertz CT molecular complexity index is 2530. The molecule has 3 aliphatic rings. The Hall–Kier alpha value is -6.76. The van der Waals surface area contributed by atoms with Gasteiger partial charge in [-0.05, 0) is 86.1 Å². The SMILES string of the molecule is CNc1c(C(=O)NC2CC2)cnc2cc(C(F)(F)F)c(-c3ccc(C(=O)NCCCCNC(=O)[C@H](C)NCc4cccc5c4C(=O)N(C4CCC(=O)NC4=O)C5=O)c(F)c3)cc12. The van der Waals surface area contributed by atoms with Crippen molar-refractivity contribution in [3.8, 4) is 11.1 Å². The van der Waals surface area contributed by atoms with Crippen LogP contribution in [-0.4, -0.2) is 89.5 Å². The number of benzene rings is 3. The van der Waals surface area contributed by atoms with E-state index in [2.05, 4.69) is 36.9 Å². The highest BCUT2D eigenvalue weighted by Crippen LogP contribution is 2.41. The van der Waals surface area contributed by atoms with E-state index in [-0.39, 0.29) is 94.4 Å². The van der Waals surface area contributed by atoms with Gasteiger partial charge in [0.25, 0.3) is 23.6 Å². The van der Waals surface area contributed by atoms with E-state index in [1.807, 2.05) is 0 Å². The lowest BCUT2D eigenvalue weighted by Gasteiger charge is -2.27. The molecule has 1 saturated carbocycles. The number of nitrogens with zero attached hydrogens (tertiary/aromatic N) is 2. The van der Waals surface area contributed by atoms with Gasteiger partial charge in [-0.3, -0.25) is 48.8 Å². The van der Waals surface area contributed by atoms with Crippen LogP contribution < -0.4 is 31.9 Å². The predicted octanol–water partition coefficient (Wildman–Crippen LogP) is 4.20. The van der Waals surface area contributed by atoms with Crippen molar-refractivity contribution in [3.05, 3.63) is 93.9 Å². The van der Waals surface area contributed by atoms with E-state index in [0.29, 0.717) is 18.4 Å². The highest BCUT2D eigenvalue weighted by Gasteiger charge is 2.45. The molecule has 7 rings (SSSR count). The van der Waals surface area contributed by atoms with Crippen LogP contribution in [0.5, 0.6) is 0 Å². The van der Waals surface area contributed by atoms with Crippen LogP contribution in [0.15, 0.2) is 54.7 Å². The average Bonchev–Trinajstić information content (AvgIpc) is 4.02. The van der Waals surface area contributed by atoms with Crippen LogP contribution in [0.4, 0.5) is 23.2 Å². The number of amides is 7. The van der Waals surface area contributed by atoms with E-state index in [9.17, 15) is 46.7 Å². The summed E-state index contributed by atoms with van der Waals surface area (Å²) in [5.41, 5.74) is -0.895. The minimum Gasteiger partial charge on any atom is -0.387 e. The molecular formula is C43H42F4N8O7. The van der Waals surface area contributed by atoms with Crippen molar-refractivity contribution in [2.45, 2.75) is 76.3 Å². The first kappa shape index (κ1) is 43.3. The second-order valence-electron chi connectivity index (χ2n) is 15.3. The summed E-state index contributed by atoms with van der Waals surface area (Å²) in [6, 6.07) is 8.11. The normalized spacial score (nSPS) is 16.8. The van der Waals surface area contributed by atoms with E-state index < -0.39 is 65.1 Å². The second kappa shape index (κ2) is 17.7. The number of carbonyl (C=O) groups excluding carboxylic acids is 7. The maximum atomic E-state index is 15.4. The summed E-state index contributed by atoms with van der Waals surface area (Å²) in [7, 11) is 1.53. The van der Waals surface area contributed by atoms with Crippen molar-refractivity contribution in [2.24, 2.45) is 0 Å². The van der Waals surface area contributed by atoms with Gasteiger partial charge in [0.2, 0.25) is 17.7 Å². The second-order valence-corrected chi connectivity index (χ2v) is 15.3. The molecule has 2 atom stereocenters. The third kappa shape index (κ3) is 8.97. The number of fused-ring (bicyclic) bond motifs is 2. The topological polar surface area (TPSA) is 208 Å². The lowest BCUT2D eigenvalue weighted by Crippen LogP contribution is -2.54. The van der Waals surface area contributed by atoms with E-state index in [0.717, 1.165) is 35.9 Å². The van der Waals surface area contributed by atoms with Crippen molar-refractivity contribution in [1.29, 1.82) is 0 Å². The van der Waals surface area contributed by atoms with Gasteiger partial charge in [0, 0.05) is 50.7 Å². The third-order valence-electron chi connectivity index (χ3n) is 11.0. The Morgan fingerprint density at radius 3 is 2.32 bits per heavy atom. The molecule has 324 valence electrons. The molecular weight excluding hydrogens is 817 g/mol. The molecule has 0 radical (unpaired) electrons. The zero-order valence-electron chi connectivity index (χ0n) is 33.6.